The van der Waals surface area contributed by atoms with Crippen molar-refractivity contribution in [3.05, 3.63) is 11.1 Å². The molecule has 0 aromatic carbocycles. The maximum Gasteiger partial charge on any atom is 0.411 e. The zero-order valence-electron chi connectivity index (χ0n) is 10.2. The van der Waals surface area contributed by atoms with Crippen molar-refractivity contribution in [3.8, 4) is 0 Å². The van der Waals surface area contributed by atoms with E-state index in [4.69, 9.17) is 4.74 Å². The van der Waals surface area contributed by atoms with Crippen molar-refractivity contribution < 1.29 is 22.7 Å². The van der Waals surface area contributed by atoms with Gasteiger partial charge in [-0.2, -0.15) is 13.2 Å². The molecule has 1 aliphatic rings. The zero-order chi connectivity index (χ0) is 14.1. The smallest absolute Gasteiger partial charge is 0.411 e. The van der Waals surface area contributed by atoms with Crippen LogP contribution < -0.4 is 5.32 Å². The van der Waals surface area contributed by atoms with Gasteiger partial charge in [0.25, 0.3) is 0 Å². The fraction of sp³-hybridized carbons (Fsp3) is 0.636. The van der Waals surface area contributed by atoms with Gasteiger partial charge in [0.05, 0.1) is 18.7 Å². The fourth-order valence-corrected chi connectivity index (χ4v) is 2.42. The van der Waals surface area contributed by atoms with Gasteiger partial charge in [-0.05, 0) is 19.8 Å². The van der Waals surface area contributed by atoms with E-state index in [1.54, 1.807) is 12.3 Å². The van der Waals surface area contributed by atoms with Crippen LogP contribution in [-0.2, 0) is 16.0 Å². The Morgan fingerprint density at radius 3 is 2.79 bits per heavy atom. The van der Waals surface area contributed by atoms with Gasteiger partial charge < -0.3 is 10.1 Å². The van der Waals surface area contributed by atoms with E-state index in [0.717, 1.165) is 11.3 Å². The number of alkyl halides is 3. The van der Waals surface area contributed by atoms with Crippen molar-refractivity contribution in [2.75, 3.05) is 11.9 Å². The van der Waals surface area contributed by atoms with E-state index in [-0.39, 0.29) is 31.0 Å². The summed E-state index contributed by atoms with van der Waals surface area (Å²) in [4.78, 5) is 15.2. The van der Waals surface area contributed by atoms with Crippen LogP contribution in [0, 0.1) is 0 Å². The summed E-state index contributed by atoms with van der Waals surface area (Å²) < 4.78 is 43.0. The number of carbonyl (C=O) groups is 1. The van der Waals surface area contributed by atoms with Crippen LogP contribution in [0.3, 0.4) is 0 Å². The molecule has 0 unspecified atom stereocenters. The van der Waals surface area contributed by atoms with E-state index < -0.39 is 17.7 Å². The number of aromatic nitrogens is 1. The average Bonchev–Trinajstić information content (AvgIpc) is 2.95. The molecule has 1 fully saturated rings. The lowest BCUT2D eigenvalue weighted by atomic mass is 10.3. The monoisotopic (exact) mass is 294 g/mol. The number of anilines is 1. The average molecular weight is 294 g/mol. The molecule has 1 aliphatic carbocycles. The second-order valence-corrected chi connectivity index (χ2v) is 5.19. The second-order valence-electron chi connectivity index (χ2n) is 4.33. The van der Waals surface area contributed by atoms with Crippen LogP contribution in [0.1, 0.15) is 25.5 Å². The Labute approximate surface area is 112 Å². The van der Waals surface area contributed by atoms with Gasteiger partial charge in [-0.15, -0.1) is 11.3 Å². The molecule has 0 aliphatic heterocycles. The molecule has 0 radical (unpaired) electrons. The van der Waals surface area contributed by atoms with Gasteiger partial charge in [0.15, 0.2) is 5.13 Å². The van der Waals surface area contributed by atoms with Crippen molar-refractivity contribution in [1.29, 1.82) is 0 Å². The normalized spacial score (nSPS) is 17.1. The Kier molecular flexibility index (Phi) is 3.71. The second kappa shape index (κ2) is 4.99. The molecule has 1 aromatic rings. The standard InChI is InChI=1S/C11H13F3N2O2S/c1-2-18-8(17)5-7-6-19-9(15-7)16-10(3-4-10)11(12,13)14/h6H,2-5H2,1H3,(H,15,16). The van der Waals surface area contributed by atoms with Crippen molar-refractivity contribution in [3.63, 3.8) is 0 Å². The Balaban J connectivity index is 1.97. The highest BCUT2D eigenvalue weighted by atomic mass is 32.1. The van der Waals surface area contributed by atoms with Crippen molar-refractivity contribution >= 4 is 22.4 Å². The molecule has 1 saturated carbocycles. The highest BCUT2D eigenvalue weighted by molar-refractivity contribution is 7.13. The predicted molar refractivity (Wildman–Crippen MR) is 64.1 cm³/mol. The molecule has 1 aromatic heterocycles. The molecule has 0 bridgehead atoms. The van der Waals surface area contributed by atoms with Gasteiger partial charge >= 0.3 is 12.1 Å². The van der Waals surface area contributed by atoms with Crippen LogP contribution in [0.2, 0.25) is 0 Å². The third kappa shape index (κ3) is 3.17. The van der Waals surface area contributed by atoms with Gasteiger partial charge in [0.2, 0.25) is 0 Å². The van der Waals surface area contributed by atoms with Crippen molar-refractivity contribution in [2.24, 2.45) is 0 Å². The van der Waals surface area contributed by atoms with E-state index in [1.165, 1.54) is 0 Å². The lowest BCUT2D eigenvalue weighted by Crippen LogP contribution is -2.38. The molecular weight excluding hydrogens is 281 g/mol. The lowest BCUT2D eigenvalue weighted by molar-refractivity contribution is -0.151. The summed E-state index contributed by atoms with van der Waals surface area (Å²) in [6.07, 6.45) is -4.18. The Bertz CT molecular complexity index is 469. The van der Waals surface area contributed by atoms with Crippen molar-refractivity contribution in [2.45, 2.75) is 37.9 Å². The lowest BCUT2D eigenvalue weighted by Gasteiger charge is -2.19. The Hall–Kier alpha value is -1.31. The van der Waals surface area contributed by atoms with Crippen LogP contribution in [0.25, 0.3) is 0 Å². The van der Waals surface area contributed by atoms with Crippen LogP contribution in [0.15, 0.2) is 5.38 Å². The summed E-state index contributed by atoms with van der Waals surface area (Å²) in [5.41, 5.74) is -1.41. The first-order valence-electron chi connectivity index (χ1n) is 5.81. The zero-order valence-corrected chi connectivity index (χ0v) is 11.0. The number of ether oxygens (including phenoxy) is 1. The minimum absolute atomic E-state index is 0.0228. The summed E-state index contributed by atoms with van der Waals surface area (Å²) in [6, 6.07) is 0. The van der Waals surface area contributed by atoms with E-state index in [9.17, 15) is 18.0 Å². The summed E-state index contributed by atoms with van der Waals surface area (Å²) in [5, 5.41) is 4.18. The summed E-state index contributed by atoms with van der Waals surface area (Å²) in [5.74, 6) is -0.434. The topological polar surface area (TPSA) is 51.2 Å². The number of esters is 1. The molecule has 8 heteroatoms. The Morgan fingerprint density at radius 1 is 1.58 bits per heavy atom. The largest absolute Gasteiger partial charge is 0.466 e. The van der Waals surface area contributed by atoms with Gasteiger partial charge in [-0.25, -0.2) is 4.98 Å². The number of halogens is 3. The van der Waals surface area contributed by atoms with Gasteiger partial charge in [0, 0.05) is 5.38 Å². The number of nitrogens with one attached hydrogen (secondary N) is 1. The van der Waals surface area contributed by atoms with Crippen LogP contribution in [-0.4, -0.2) is 29.3 Å². The van der Waals surface area contributed by atoms with Crippen molar-refractivity contribution in [1.82, 2.24) is 4.98 Å². The maximum atomic E-state index is 12.7. The molecular formula is C11H13F3N2O2S. The summed E-state index contributed by atoms with van der Waals surface area (Å²) in [7, 11) is 0. The third-order valence-electron chi connectivity index (χ3n) is 2.82. The van der Waals surface area contributed by atoms with Crippen LogP contribution >= 0.6 is 11.3 Å². The molecule has 0 spiro atoms. The molecule has 0 saturated heterocycles. The van der Waals surface area contributed by atoms with E-state index in [1.807, 2.05) is 0 Å². The first-order valence-corrected chi connectivity index (χ1v) is 6.69. The van der Waals surface area contributed by atoms with Gasteiger partial charge in [0.1, 0.15) is 5.54 Å². The van der Waals surface area contributed by atoms with Crippen LogP contribution in [0.4, 0.5) is 18.3 Å². The summed E-state index contributed by atoms with van der Waals surface area (Å²) in [6.45, 7) is 1.96. The predicted octanol–water partition coefficient (Wildman–Crippen LogP) is 2.76. The molecule has 0 atom stereocenters. The minimum atomic E-state index is -4.28. The molecule has 106 valence electrons. The molecule has 0 amide bonds. The minimum Gasteiger partial charge on any atom is -0.466 e. The fourth-order valence-electron chi connectivity index (χ4n) is 1.61. The molecule has 4 nitrogen and oxygen atoms in total. The SMILES string of the molecule is CCOC(=O)Cc1csc(NC2(C(F)(F)F)CC2)n1. The number of thiazole rings is 1. The van der Waals surface area contributed by atoms with Gasteiger partial charge in [-0.3, -0.25) is 4.79 Å². The molecule has 1 N–H and O–H groups in total. The number of rotatable bonds is 5. The first-order chi connectivity index (χ1) is 8.86. The quantitative estimate of drug-likeness (QED) is 0.848. The number of nitrogens with zero attached hydrogens (tertiary/aromatic N) is 1. The number of hydrogen-bond donors (Lipinski definition) is 1. The highest BCUT2D eigenvalue weighted by Gasteiger charge is 2.63. The van der Waals surface area contributed by atoms with Gasteiger partial charge in [-0.1, -0.05) is 0 Å². The van der Waals surface area contributed by atoms with E-state index in [0.29, 0.717) is 5.69 Å². The van der Waals surface area contributed by atoms with E-state index >= 15 is 0 Å². The Morgan fingerprint density at radius 2 is 2.26 bits per heavy atom. The first kappa shape index (κ1) is 14.1. The molecule has 1 heterocycles. The van der Waals surface area contributed by atoms with Crippen LogP contribution in [0.5, 0.6) is 0 Å². The molecule has 2 rings (SSSR count). The maximum absolute atomic E-state index is 12.7. The molecule has 19 heavy (non-hydrogen) atoms. The number of carbonyl (C=O) groups excluding carboxylic acids is 1. The summed E-state index contributed by atoms with van der Waals surface area (Å²) >= 11 is 1.06. The van der Waals surface area contributed by atoms with E-state index in [2.05, 4.69) is 10.3 Å². The third-order valence-corrected chi connectivity index (χ3v) is 3.63. The number of hydrogen-bond acceptors (Lipinski definition) is 5. The highest BCUT2D eigenvalue weighted by Crippen LogP contribution is 2.51.